The van der Waals surface area contributed by atoms with Crippen LogP contribution in [0.3, 0.4) is 0 Å². The molecule has 1 unspecified atom stereocenters. The molecule has 2 heterocycles. The van der Waals surface area contributed by atoms with Crippen molar-refractivity contribution in [2.24, 2.45) is 5.92 Å². The van der Waals surface area contributed by atoms with Crippen molar-refractivity contribution in [3.8, 4) is 0 Å². The number of hydrogen-bond acceptors (Lipinski definition) is 3. The number of nitrogens with one attached hydrogen (secondary N) is 2. The molecule has 0 aromatic rings. The number of fused-ring (bicyclic) bond motifs is 1. The topological polar surface area (TPSA) is 41.1 Å². The summed E-state index contributed by atoms with van der Waals surface area (Å²) in [4.78, 5) is 11.3. The molecule has 1 saturated heterocycles. The van der Waals surface area contributed by atoms with Gasteiger partial charge in [0.05, 0.1) is 12.5 Å². The maximum absolute atomic E-state index is 11.3. The first-order chi connectivity index (χ1) is 5.38. The molecule has 2 aliphatic heterocycles. The van der Waals surface area contributed by atoms with Crippen molar-refractivity contribution in [2.75, 3.05) is 13.1 Å². The highest BCUT2D eigenvalue weighted by Crippen LogP contribution is 2.21. The lowest BCUT2D eigenvalue weighted by Crippen LogP contribution is -2.40. The molecule has 0 aromatic heterocycles. The van der Waals surface area contributed by atoms with E-state index in [9.17, 15) is 4.79 Å². The van der Waals surface area contributed by atoms with E-state index in [1.165, 1.54) is 0 Å². The highest BCUT2D eigenvalue weighted by atomic mass is 16.1. The zero-order chi connectivity index (χ0) is 7.68. The van der Waals surface area contributed by atoms with Crippen LogP contribution in [0.4, 0.5) is 0 Å². The van der Waals surface area contributed by atoms with Gasteiger partial charge in [0.15, 0.2) is 5.78 Å². The third-order valence-corrected chi connectivity index (χ3v) is 2.30. The molecule has 60 valence electrons. The Hall–Kier alpha value is -0.990. The van der Waals surface area contributed by atoms with Gasteiger partial charge in [-0.2, -0.15) is 0 Å². The molecular formula is C8H12N2O. The molecule has 0 bridgehead atoms. The first kappa shape index (κ1) is 6.70. The number of carbonyl (C=O) groups excluding carboxylic acids is 1. The monoisotopic (exact) mass is 152 g/mol. The van der Waals surface area contributed by atoms with Crippen molar-refractivity contribution in [2.45, 2.75) is 12.8 Å². The van der Waals surface area contributed by atoms with Crippen molar-refractivity contribution in [3.63, 3.8) is 0 Å². The highest BCUT2D eigenvalue weighted by molar-refractivity contribution is 5.86. The quantitative estimate of drug-likeness (QED) is 0.513. The van der Waals surface area contributed by atoms with Crippen molar-refractivity contribution >= 4 is 5.78 Å². The molecule has 1 atom stereocenters. The molecule has 0 saturated carbocycles. The smallest absolute Gasteiger partial charge is 0.160 e. The molecule has 3 nitrogen and oxygen atoms in total. The standard InChI is InChI=1S/C8H12N2O/c11-8-5-9-4-7-6(8)2-1-3-10-7/h4,6,9-10H,1-3,5H2. The third-order valence-electron chi connectivity index (χ3n) is 2.30. The van der Waals surface area contributed by atoms with Gasteiger partial charge in [-0.15, -0.1) is 0 Å². The van der Waals surface area contributed by atoms with Gasteiger partial charge in [-0.1, -0.05) is 0 Å². The summed E-state index contributed by atoms with van der Waals surface area (Å²) in [6, 6.07) is 0. The summed E-state index contributed by atoms with van der Waals surface area (Å²) in [6.45, 7) is 1.52. The van der Waals surface area contributed by atoms with E-state index in [4.69, 9.17) is 0 Å². The average Bonchev–Trinajstić information content (AvgIpc) is 2.06. The summed E-state index contributed by atoms with van der Waals surface area (Å²) < 4.78 is 0. The van der Waals surface area contributed by atoms with Crippen LogP contribution >= 0.6 is 0 Å². The number of Topliss-reactive ketones (excluding diaryl/α,β-unsaturated/α-hetero) is 1. The molecule has 0 spiro atoms. The predicted molar refractivity (Wildman–Crippen MR) is 41.8 cm³/mol. The second-order valence-corrected chi connectivity index (χ2v) is 3.07. The Labute approximate surface area is 65.9 Å². The molecular weight excluding hydrogens is 140 g/mol. The maximum Gasteiger partial charge on any atom is 0.160 e. The van der Waals surface area contributed by atoms with E-state index in [1.54, 1.807) is 0 Å². The van der Waals surface area contributed by atoms with Crippen LogP contribution in [0.5, 0.6) is 0 Å². The Bertz CT molecular complexity index is 210. The highest BCUT2D eigenvalue weighted by Gasteiger charge is 2.27. The van der Waals surface area contributed by atoms with E-state index in [-0.39, 0.29) is 5.92 Å². The minimum Gasteiger partial charge on any atom is -0.387 e. The van der Waals surface area contributed by atoms with E-state index in [0.717, 1.165) is 25.1 Å². The van der Waals surface area contributed by atoms with Gasteiger partial charge in [0, 0.05) is 18.4 Å². The van der Waals surface area contributed by atoms with Crippen molar-refractivity contribution in [3.05, 3.63) is 11.9 Å². The number of hydrogen-bond donors (Lipinski definition) is 2. The summed E-state index contributed by atoms with van der Waals surface area (Å²) in [7, 11) is 0. The summed E-state index contributed by atoms with van der Waals surface area (Å²) in [5.41, 5.74) is 1.09. The second kappa shape index (κ2) is 2.57. The van der Waals surface area contributed by atoms with E-state index in [2.05, 4.69) is 10.6 Å². The lowest BCUT2D eigenvalue weighted by atomic mass is 9.90. The van der Waals surface area contributed by atoms with Crippen molar-refractivity contribution < 1.29 is 4.79 Å². The maximum atomic E-state index is 11.3. The predicted octanol–water partition coefficient (Wildman–Crippen LogP) is -0.000300. The van der Waals surface area contributed by atoms with Crippen LogP contribution in [0.15, 0.2) is 11.9 Å². The molecule has 0 aliphatic carbocycles. The van der Waals surface area contributed by atoms with Gasteiger partial charge in [0.2, 0.25) is 0 Å². The van der Waals surface area contributed by atoms with E-state index in [1.807, 2.05) is 6.20 Å². The minimum absolute atomic E-state index is 0.171. The van der Waals surface area contributed by atoms with Crippen LogP contribution in [-0.4, -0.2) is 18.9 Å². The van der Waals surface area contributed by atoms with Gasteiger partial charge < -0.3 is 10.6 Å². The first-order valence-electron chi connectivity index (χ1n) is 4.08. The van der Waals surface area contributed by atoms with Gasteiger partial charge in [-0.05, 0) is 12.8 Å². The summed E-state index contributed by atoms with van der Waals surface area (Å²) in [6.07, 6.45) is 4.08. The number of ketones is 1. The fraction of sp³-hybridized carbons (Fsp3) is 0.625. The molecule has 1 fully saturated rings. The molecule has 0 radical (unpaired) electrons. The number of piperidine rings is 1. The zero-order valence-electron chi connectivity index (χ0n) is 6.39. The lowest BCUT2D eigenvalue weighted by Gasteiger charge is -2.28. The summed E-state index contributed by atoms with van der Waals surface area (Å²) in [5.74, 6) is 0.500. The largest absolute Gasteiger partial charge is 0.387 e. The Balaban J connectivity index is 2.19. The van der Waals surface area contributed by atoms with Crippen LogP contribution in [-0.2, 0) is 4.79 Å². The van der Waals surface area contributed by atoms with E-state index >= 15 is 0 Å². The normalized spacial score (nSPS) is 29.6. The van der Waals surface area contributed by atoms with Crippen LogP contribution in [0.1, 0.15) is 12.8 Å². The fourth-order valence-electron chi connectivity index (χ4n) is 1.69. The van der Waals surface area contributed by atoms with Gasteiger partial charge in [0.1, 0.15) is 0 Å². The van der Waals surface area contributed by atoms with Gasteiger partial charge in [0.25, 0.3) is 0 Å². The molecule has 2 rings (SSSR count). The third kappa shape index (κ3) is 1.11. The van der Waals surface area contributed by atoms with Gasteiger partial charge in [-0.3, -0.25) is 4.79 Å². The fourth-order valence-corrected chi connectivity index (χ4v) is 1.69. The van der Waals surface area contributed by atoms with E-state index in [0.29, 0.717) is 12.3 Å². The van der Waals surface area contributed by atoms with Crippen molar-refractivity contribution in [1.82, 2.24) is 10.6 Å². The van der Waals surface area contributed by atoms with Crippen molar-refractivity contribution in [1.29, 1.82) is 0 Å². The molecule has 2 N–H and O–H groups in total. The Morgan fingerprint density at radius 1 is 1.55 bits per heavy atom. The van der Waals surface area contributed by atoms with Crippen LogP contribution < -0.4 is 10.6 Å². The number of allylic oxidation sites excluding steroid dienone is 1. The molecule has 2 aliphatic rings. The van der Waals surface area contributed by atoms with E-state index < -0.39 is 0 Å². The van der Waals surface area contributed by atoms with Crippen LogP contribution in [0.25, 0.3) is 0 Å². The molecule has 11 heavy (non-hydrogen) atoms. The second-order valence-electron chi connectivity index (χ2n) is 3.07. The van der Waals surface area contributed by atoms with Gasteiger partial charge >= 0.3 is 0 Å². The van der Waals surface area contributed by atoms with Crippen LogP contribution in [0.2, 0.25) is 0 Å². The zero-order valence-corrected chi connectivity index (χ0v) is 6.39. The van der Waals surface area contributed by atoms with Crippen LogP contribution in [0, 0.1) is 5.92 Å². The number of carbonyl (C=O) groups is 1. The average molecular weight is 152 g/mol. The molecule has 0 aromatic carbocycles. The SMILES string of the molecule is O=C1CNC=C2NCCCC12. The Morgan fingerprint density at radius 2 is 2.45 bits per heavy atom. The molecule has 3 heteroatoms. The summed E-state index contributed by atoms with van der Waals surface area (Å²) >= 11 is 0. The molecule has 0 amide bonds. The Morgan fingerprint density at radius 3 is 3.27 bits per heavy atom. The number of rotatable bonds is 0. The Kier molecular flexibility index (Phi) is 1.56. The minimum atomic E-state index is 0.171. The van der Waals surface area contributed by atoms with Gasteiger partial charge in [-0.25, -0.2) is 0 Å². The first-order valence-corrected chi connectivity index (χ1v) is 4.08. The summed E-state index contributed by atoms with van der Waals surface area (Å²) in [5, 5.41) is 6.19. The lowest BCUT2D eigenvalue weighted by molar-refractivity contribution is -0.121.